The Hall–Kier alpha value is -1.03. The first-order chi connectivity index (χ1) is 7.66. The third-order valence-electron chi connectivity index (χ3n) is 2.96. The fraction of sp³-hybridized carbons (Fsp3) is 0.750. The summed E-state index contributed by atoms with van der Waals surface area (Å²) in [6.07, 6.45) is 3.22. The molecule has 0 spiro atoms. The SMILES string of the molecule is CC(C)Cn1nccc1NC1CCOC1C. The first-order valence-electron chi connectivity index (χ1n) is 6.06. The van der Waals surface area contributed by atoms with Crippen molar-refractivity contribution in [3.8, 4) is 0 Å². The van der Waals surface area contributed by atoms with E-state index in [1.807, 2.05) is 16.9 Å². The molecular weight excluding hydrogens is 202 g/mol. The van der Waals surface area contributed by atoms with E-state index in [-0.39, 0.29) is 0 Å². The van der Waals surface area contributed by atoms with Gasteiger partial charge in [-0.15, -0.1) is 0 Å². The lowest BCUT2D eigenvalue weighted by molar-refractivity contribution is 0.121. The molecule has 0 aromatic carbocycles. The minimum absolute atomic E-state index is 0.294. The summed E-state index contributed by atoms with van der Waals surface area (Å²) in [5.41, 5.74) is 0. The lowest BCUT2D eigenvalue weighted by Crippen LogP contribution is -2.28. The van der Waals surface area contributed by atoms with Gasteiger partial charge in [-0.2, -0.15) is 5.10 Å². The van der Waals surface area contributed by atoms with Crippen molar-refractivity contribution in [3.63, 3.8) is 0 Å². The summed E-state index contributed by atoms with van der Waals surface area (Å²) in [6.45, 7) is 8.34. The van der Waals surface area contributed by atoms with Gasteiger partial charge in [-0.05, 0) is 19.3 Å². The second kappa shape index (κ2) is 4.87. The molecule has 4 nitrogen and oxygen atoms in total. The van der Waals surface area contributed by atoms with Crippen molar-refractivity contribution in [2.45, 2.75) is 45.9 Å². The molecule has 1 aliphatic rings. The van der Waals surface area contributed by atoms with Crippen molar-refractivity contribution in [2.75, 3.05) is 11.9 Å². The third kappa shape index (κ3) is 2.55. The molecule has 2 rings (SSSR count). The summed E-state index contributed by atoms with van der Waals surface area (Å²) in [6, 6.07) is 2.45. The van der Waals surface area contributed by atoms with E-state index in [1.54, 1.807) is 0 Å². The Labute approximate surface area is 97.0 Å². The van der Waals surface area contributed by atoms with Crippen LogP contribution in [0.5, 0.6) is 0 Å². The fourth-order valence-electron chi connectivity index (χ4n) is 2.06. The first kappa shape index (κ1) is 11.5. The average molecular weight is 223 g/mol. The summed E-state index contributed by atoms with van der Waals surface area (Å²) < 4.78 is 7.58. The largest absolute Gasteiger partial charge is 0.376 e. The minimum atomic E-state index is 0.294. The molecule has 90 valence electrons. The van der Waals surface area contributed by atoms with Gasteiger partial charge in [-0.1, -0.05) is 13.8 Å². The van der Waals surface area contributed by atoms with Gasteiger partial charge in [0, 0.05) is 19.2 Å². The third-order valence-corrected chi connectivity index (χ3v) is 2.96. The molecule has 2 unspecified atom stereocenters. The van der Waals surface area contributed by atoms with E-state index < -0.39 is 0 Å². The van der Waals surface area contributed by atoms with Gasteiger partial charge < -0.3 is 10.1 Å². The lowest BCUT2D eigenvalue weighted by Gasteiger charge is -2.18. The van der Waals surface area contributed by atoms with Crippen molar-refractivity contribution in [1.82, 2.24) is 9.78 Å². The topological polar surface area (TPSA) is 39.1 Å². The highest BCUT2D eigenvalue weighted by atomic mass is 16.5. The van der Waals surface area contributed by atoms with Gasteiger partial charge in [0.1, 0.15) is 5.82 Å². The zero-order chi connectivity index (χ0) is 11.5. The molecule has 0 amide bonds. The number of nitrogens with zero attached hydrogens (tertiary/aromatic N) is 2. The maximum Gasteiger partial charge on any atom is 0.124 e. The van der Waals surface area contributed by atoms with Crippen molar-refractivity contribution in [2.24, 2.45) is 5.92 Å². The van der Waals surface area contributed by atoms with Crippen LogP contribution in [0.3, 0.4) is 0 Å². The molecular formula is C12H21N3O. The van der Waals surface area contributed by atoms with Gasteiger partial charge in [-0.3, -0.25) is 0 Å². The number of anilines is 1. The molecule has 4 heteroatoms. The molecule has 0 aliphatic carbocycles. The fourth-order valence-corrected chi connectivity index (χ4v) is 2.06. The molecule has 16 heavy (non-hydrogen) atoms. The van der Waals surface area contributed by atoms with Crippen molar-refractivity contribution >= 4 is 5.82 Å². The van der Waals surface area contributed by atoms with Gasteiger partial charge in [-0.25, -0.2) is 4.68 Å². The first-order valence-corrected chi connectivity index (χ1v) is 6.06. The molecule has 1 saturated heterocycles. The zero-order valence-corrected chi connectivity index (χ0v) is 10.3. The Bertz CT molecular complexity index is 335. The quantitative estimate of drug-likeness (QED) is 0.850. The highest BCUT2D eigenvalue weighted by molar-refractivity contribution is 5.35. The van der Waals surface area contributed by atoms with E-state index >= 15 is 0 Å². The van der Waals surface area contributed by atoms with Gasteiger partial charge >= 0.3 is 0 Å². The van der Waals surface area contributed by atoms with E-state index in [9.17, 15) is 0 Å². The van der Waals surface area contributed by atoms with E-state index in [4.69, 9.17) is 4.74 Å². The molecule has 1 N–H and O–H groups in total. The standard InChI is InChI=1S/C12H21N3O/c1-9(2)8-15-12(4-6-13-15)14-11-5-7-16-10(11)3/h4,6,9-11,14H,5,7-8H2,1-3H3. The molecule has 0 saturated carbocycles. The highest BCUT2D eigenvalue weighted by Crippen LogP contribution is 2.19. The summed E-state index contributed by atoms with van der Waals surface area (Å²) in [4.78, 5) is 0. The average Bonchev–Trinajstić information content (AvgIpc) is 2.78. The normalized spacial score (nSPS) is 25.2. The summed E-state index contributed by atoms with van der Waals surface area (Å²) in [5.74, 6) is 1.72. The number of hydrogen-bond acceptors (Lipinski definition) is 3. The second-order valence-electron chi connectivity index (χ2n) is 4.91. The van der Waals surface area contributed by atoms with E-state index in [1.165, 1.54) is 0 Å². The summed E-state index contributed by atoms with van der Waals surface area (Å²) in [7, 11) is 0. The summed E-state index contributed by atoms with van der Waals surface area (Å²) >= 11 is 0. The molecule has 1 aromatic rings. The van der Waals surface area contributed by atoms with Crippen LogP contribution >= 0.6 is 0 Å². The molecule has 1 aromatic heterocycles. The number of ether oxygens (including phenoxy) is 1. The van der Waals surface area contributed by atoms with Crippen LogP contribution in [0.4, 0.5) is 5.82 Å². The van der Waals surface area contributed by atoms with Crippen LogP contribution in [-0.2, 0) is 11.3 Å². The van der Waals surface area contributed by atoms with E-state index in [2.05, 4.69) is 31.2 Å². The van der Waals surface area contributed by atoms with Crippen LogP contribution < -0.4 is 5.32 Å². The lowest BCUT2D eigenvalue weighted by atomic mass is 10.1. The Morgan fingerprint density at radius 3 is 3.06 bits per heavy atom. The van der Waals surface area contributed by atoms with Crippen molar-refractivity contribution < 1.29 is 4.74 Å². The highest BCUT2D eigenvalue weighted by Gasteiger charge is 2.24. The van der Waals surface area contributed by atoms with Crippen LogP contribution in [0.25, 0.3) is 0 Å². The van der Waals surface area contributed by atoms with Gasteiger partial charge in [0.2, 0.25) is 0 Å². The Morgan fingerprint density at radius 2 is 2.44 bits per heavy atom. The zero-order valence-electron chi connectivity index (χ0n) is 10.3. The van der Waals surface area contributed by atoms with Crippen LogP contribution in [0, 0.1) is 5.92 Å². The van der Waals surface area contributed by atoms with Crippen molar-refractivity contribution in [1.29, 1.82) is 0 Å². The van der Waals surface area contributed by atoms with Gasteiger partial charge in [0.15, 0.2) is 0 Å². The number of hydrogen-bond donors (Lipinski definition) is 1. The maximum atomic E-state index is 5.54. The van der Waals surface area contributed by atoms with Gasteiger partial charge in [0.05, 0.1) is 18.3 Å². The molecule has 0 bridgehead atoms. The molecule has 1 fully saturated rings. The maximum absolute atomic E-state index is 5.54. The minimum Gasteiger partial charge on any atom is -0.376 e. The smallest absolute Gasteiger partial charge is 0.124 e. The number of aromatic nitrogens is 2. The van der Waals surface area contributed by atoms with Crippen LogP contribution in [0.15, 0.2) is 12.3 Å². The Kier molecular flexibility index (Phi) is 3.49. The predicted octanol–water partition coefficient (Wildman–Crippen LogP) is 2.13. The van der Waals surface area contributed by atoms with Crippen molar-refractivity contribution in [3.05, 3.63) is 12.3 Å². The predicted molar refractivity (Wildman–Crippen MR) is 64.5 cm³/mol. The monoisotopic (exact) mass is 223 g/mol. The molecule has 0 radical (unpaired) electrons. The van der Waals surface area contributed by atoms with Gasteiger partial charge in [0.25, 0.3) is 0 Å². The van der Waals surface area contributed by atoms with Crippen LogP contribution in [0.1, 0.15) is 27.2 Å². The van der Waals surface area contributed by atoms with Crippen LogP contribution in [0.2, 0.25) is 0 Å². The van der Waals surface area contributed by atoms with E-state index in [0.29, 0.717) is 18.1 Å². The Balaban J connectivity index is 2.00. The second-order valence-corrected chi connectivity index (χ2v) is 4.91. The molecule has 1 aliphatic heterocycles. The summed E-state index contributed by atoms with van der Waals surface area (Å²) in [5, 5.41) is 7.86. The Morgan fingerprint density at radius 1 is 1.62 bits per heavy atom. The molecule has 2 heterocycles. The molecule has 2 atom stereocenters. The van der Waals surface area contributed by atoms with Crippen LogP contribution in [-0.4, -0.2) is 28.5 Å². The van der Waals surface area contributed by atoms with E-state index in [0.717, 1.165) is 25.4 Å². The number of nitrogens with one attached hydrogen (secondary N) is 1. The number of rotatable bonds is 4.